The Morgan fingerprint density at radius 2 is 1.64 bits per heavy atom. The summed E-state index contributed by atoms with van der Waals surface area (Å²) in [4.78, 5) is 41.9. The first-order valence-corrected chi connectivity index (χ1v) is 9.35. The maximum atomic E-state index is 13.3. The minimum absolute atomic E-state index is 0.319. The van der Waals surface area contributed by atoms with Crippen LogP contribution in [0.15, 0.2) is 54.6 Å². The fraction of sp³-hybridized carbons (Fsp3) is 0.190. The zero-order chi connectivity index (χ0) is 19.6. The molecule has 7 heteroatoms. The third-order valence-corrected chi connectivity index (χ3v) is 6.04. The van der Waals surface area contributed by atoms with Gasteiger partial charge in [-0.05, 0) is 35.9 Å². The van der Waals surface area contributed by atoms with Crippen molar-refractivity contribution in [2.24, 2.45) is 17.6 Å². The predicted octanol–water partition coefficient (Wildman–Crippen LogP) is 2.22. The molecular weight excluding hydrogens is 378 g/mol. The van der Waals surface area contributed by atoms with Gasteiger partial charge in [0.15, 0.2) is 0 Å². The number of nitrogens with two attached hydrogens (primary N) is 1. The maximum absolute atomic E-state index is 13.3. The average molecular weight is 394 g/mol. The lowest BCUT2D eigenvalue weighted by atomic mass is 9.88. The lowest BCUT2D eigenvalue weighted by Gasteiger charge is -2.35. The van der Waals surface area contributed by atoms with Crippen LogP contribution in [0.3, 0.4) is 0 Å². The quantitative estimate of drug-likeness (QED) is 0.793. The molecular formula is C21H16ClN3O3. The van der Waals surface area contributed by atoms with E-state index >= 15 is 0 Å². The number of nitrogens with zero attached hydrogens (tertiary/aromatic N) is 2. The van der Waals surface area contributed by atoms with E-state index in [1.54, 1.807) is 24.3 Å². The van der Waals surface area contributed by atoms with Crippen LogP contribution in [0.4, 0.5) is 11.4 Å². The highest BCUT2D eigenvalue weighted by Crippen LogP contribution is 2.48. The highest BCUT2D eigenvalue weighted by atomic mass is 35.5. The number of amides is 3. The van der Waals surface area contributed by atoms with Gasteiger partial charge in [-0.2, -0.15) is 0 Å². The van der Waals surface area contributed by atoms with Crippen LogP contribution in [0, 0.1) is 11.8 Å². The number of anilines is 2. The van der Waals surface area contributed by atoms with Crippen LogP contribution in [0.1, 0.15) is 5.56 Å². The van der Waals surface area contributed by atoms with Crippen molar-refractivity contribution in [1.82, 2.24) is 0 Å². The highest BCUT2D eigenvalue weighted by Gasteiger charge is 2.64. The van der Waals surface area contributed by atoms with Gasteiger partial charge >= 0.3 is 0 Å². The molecule has 28 heavy (non-hydrogen) atoms. The van der Waals surface area contributed by atoms with Crippen molar-refractivity contribution >= 4 is 46.8 Å². The number of rotatable bonds is 2. The molecule has 0 aliphatic carbocycles. The van der Waals surface area contributed by atoms with Crippen molar-refractivity contribution in [1.29, 1.82) is 0 Å². The van der Waals surface area contributed by atoms with E-state index in [0.717, 1.165) is 16.2 Å². The Kier molecular flexibility index (Phi) is 3.61. The number of hydrogen-bond donors (Lipinski definition) is 1. The van der Waals surface area contributed by atoms with E-state index in [1.165, 1.54) is 0 Å². The van der Waals surface area contributed by atoms with E-state index < -0.39 is 35.7 Å². The van der Waals surface area contributed by atoms with E-state index in [1.807, 2.05) is 41.3 Å². The van der Waals surface area contributed by atoms with E-state index in [-0.39, 0.29) is 5.91 Å². The maximum Gasteiger partial charge on any atom is 0.241 e. The van der Waals surface area contributed by atoms with E-state index in [0.29, 0.717) is 10.7 Å². The SMILES string of the molecule is NC(=O)[C@@H]1[C@@H]2C(=O)N(c3ccc(Cl)cc3)C(=O)[C@H]2[C@H]2C=Cc3ccccc3N21. The van der Waals surface area contributed by atoms with Crippen molar-refractivity contribution < 1.29 is 14.4 Å². The summed E-state index contributed by atoms with van der Waals surface area (Å²) in [6, 6.07) is 12.8. The molecule has 4 atom stereocenters. The Morgan fingerprint density at radius 3 is 2.36 bits per heavy atom. The molecule has 0 radical (unpaired) electrons. The molecule has 0 unspecified atom stereocenters. The molecule has 2 N–H and O–H groups in total. The van der Waals surface area contributed by atoms with Crippen molar-refractivity contribution in [3.8, 4) is 0 Å². The summed E-state index contributed by atoms with van der Waals surface area (Å²) in [6.07, 6.45) is 3.82. The van der Waals surface area contributed by atoms with Crippen molar-refractivity contribution in [3.63, 3.8) is 0 Å². The first-order chi connectivity index (χ1) is 13.5. The minimum Gasteiger partial charge on any atom is -0.368 e. The zero-order valence-electron chi connectivity index (χ0n) is 14.7. The molecule has 3 amide bonds. The lowest BCUT2D eigenvalue weighted by Crippen LogP contribution is -2.50. The molecule has 2 fully saturated rings. The molecule has 2 aromatic rings. The number of para-hydroxylation sites is 1. The number of hydrogen-bond acceptors (Lipinski definition) is 4. The lowest BCUT2D eigenvalue weighted by molar-refractivity contribution is -0.127. The number of fused-ring (bicyclic) bond motifs is 5. The summed E-state index contributed by atoms with van der Waals surface area (Å²) in [5.41, 5.74) is 7.92. The van der Waals surface area contributed by atoms with Gasteiger partial charge in [0.25, 0.3) is 0 Å². The number of carbonyl (C=O) groups excluding carboxylic acids is 3. The second-order valence-corrected chi connectivity index (χ2v) is 7.64. The largest absolute Gasteiger partial charge is 0.368 e. The van der Waals surface area contributed by atoms with Crippen LogP contribution < -0.4 is 15.5 Å². The fourth-order valence-electron chi connectivity index (χ4n) is 4.68. The Bertz CT molecular complexity index is 1050. The molecule has 0 bridgehead atoms. The van der Waals surface area contributed by atoms with Gasteiger partial charge in [0.05, 0.1) is 23.6 Å². The molecule has 0 spiro atoms. The highest BCUT2D eigenvalue weighted by molar-refractivity contribution is 6.31. The van der Waals surface area contributed by atoms with Gasteiger partial charge in [-0.3, -0.25) is 14.4 Å². The number of halogens is 1. The van der Waals surface area contributed by atoms with E-state index in [2.05, 4.69) is 0 Å². The smallest absolute Gasteiger partial charge is 0.241 e. The van der Waals surface area contributed by atoms with Crippen molar-refractivity contribution in [3.05, 3.63) is 65.2 Å². The van der Waals surface area contributed by atoms with Crippen molar-refractivity contribution in [2.45, 2.75) is 12.1 Å². The fourth-order valence-corrected chi connectivity index (χ4v) is 4.81. The first kappa shape index (κ1) is 17.0. The minimum atomic E-state index is -0.880. The summed E-state index contributed by atoms with van der Waals surface area (Å²) in [5.74, 6) is -2.81. The molecule has 3 aliphatic heterocycles. The van der Waals surface area contributed by atoms with Gasteiger partial charge in [-0.15, -0.1) is 0 Å². The van der Waals surface area contributed by atoms with E-state index in [4.69, 9.17) is 17.3 Å². The number of imide groups is 1. The standard InChI is InChI=1S/C21H16ClN3O3/c22-12-6-8-13(9-7-12)24-20(27)16-15-10-5-11-3-1-2-4-14(11)25(15)18(19(23)26)17(16)21(24)28/h1-10,15-18H,(H2,23,26)/t15-,16+,17-,18+/m1/s1. The number of carbonyl (C=O) groups is 3. The van der Waals surface area contributed by atoms with Crippen LogP contribution in [0.25, 0.3) is 6.08 Å². The van der Waals surface area contributed by atoms with Gasteiger partial charge < -0.3 is 10.6 Å². The molecule has 3 aliphatic rings. The second-order valence-electron chi connectivity index (χ2n) is 7.20. The zero-order valence-corrected chi connectivity index (χ0v) is 15.4. The predicted molar refractivity (Wildman–Crippen MR) is 106 cm³/mol. The van der Waals surface area contributed by atoms with Crippen LogP contribution in [0.2, 0.25) is 5.02 Å². The molecule has 140 valence electrons. The summed E-state index contributed by atoms with van der Waals surface area (Å²) in [5, 5.41) is 0.510. The van der Waals surface area contributed by atoms with Gasteiger partial charge in [-0.1, -0.05) is 42.0 Å². The molecule has 0 aromatic heterocycles. The van der Waals surface area contributed by atoms with E-state index in [9.17, 15) is 14.4 Å². The molecule has 2 saturated heterocycles. The number of primary amides is 1. The molecule has 6 nitrogen and oxygen atoms in total. The Hall–Kier alpha value is -3.12. The molecule has 3 heterocycles. The third kappa shape index (κ3) is 2.18. The summed E-state index contributed by atoms with van der Waals surface area (Å²) < 4.78 is 0. The van der Waals surface area contributed by atoms with Crippen molar-refractivity contribution in [2.75, 3.05) is 9.80 Å². The molecule has 5 rings (SSSR count). The molecule has 0 saturated carbocycles. The summed E-state index contributed by atoms with van der Waals surface area (Å²) in [7, 11) is 0. The van der Waals surface area contributed by atoms with Crippen LogP contribution in [-0.4, -0.2) is 29.8 Å². The van der Waals surface area contributed by atoms with Gasteiger partial charge in [0.1, 0.15) is 6.04 Å². The van der Waals surface area contributed by atoms with Crippen LogP contribution in [0.5, 0.6) is 0 Å². The summed E-state index contributed by atoms with van der Waals surface area (Å²) >= 11 is 5.93. The topological polar surface area (TPSA) is 83.7 Å². The monoisotopic (exact) mass is 393 g/mol. The van der Waals surface area contributed by atoms with Gasteiger partial charge in [0.2, 0.25) is 17.7 Å². The normalized spacial score (nSPS) is 27.6. The van der Waals surface area contributed by atoms with Crippen LogP contribution in [-0.2, 0) is 14.4 Å². The second kappa shape index (κ2) is 5.94. The number of benzene rings is 2. The third-order valence-electron chi connectivity index (χ3n) is 5.79. The van der Waals surface area contributed by atoms with Crippen LogP contribution >= 0.6 is 11.6 Å². The summed E-state index contributed by atoms with van der Waals surface area (Å²) in [6.45, 7) is 0. The Labute approximate surface area is 166 Å². The van der Waals surface area contributed by atoms with Gasteiger partial charge in [0, 0.05) is 10.7 Å². The Morgan fingerprint density at radius 1 is 0.964 bits per heavy atom. The average Bonchev–Trinajstić information content (AvgIpc) is 3.16. The van der Waals surface area contributed by atoms with Gasteiger partial charge in [-0.25, -0.2) is 4.90 Å². The Balaban J connectivity index is 1.62. The molecule has 2 aromatic carbocycles. The first-order valence-electron chi connectivity index (χ1n) is 8.97.